The van der Waals surface area contributed by atoms with Crippen molar-refractivity contribution < 1.29 is 0 Å². The van der Waals surface area contributed by atoms with E-state index in [0.29, 0.717) is 0 Å². The van der Waals surface area contributed by atoms with E-state index in [4.69, 9.17) is 0 Å². The van der Waals surface area contributed by atoms with Gasteiger partial charge in [-0.15, -0.1) is 0 Å². The fraction of sp³-hybridized carbons (Fsp3) is 0.571. The molecule has 0 aliphatic rings. The fourth-order valence-corrected chi connectivity index (χ4v) is 2.76. The molecule has 1 aromatic rings. The number of benzene rings is 1. The third kappa shape index (κ3) is 5.74. The standard InChI is InChI=1S/C14H23BrN2S/c1-4-16-10-12-5-6-13(14(15)9-12)11-17(2)7-8-18-3/h5-6,9,16H,4,7-8,10-11H2,1-3H3. The summed E-state index contributed by atoms with van der Waals surface area (Å²) in [7, 11) is 2.18. The lowest BCUT2D eigenvalue weighted by Gasteiger charge is -2.17. The van der Waals surface area contributed by atoms with Crippen molar-refractivity contribution in [3.05, 3.63) is 33.8 Å². The van der Waals surface area contributed by atoms with Crippen molar-refractivity contribution in [2.45, 2.75) is 20.0 Å². The Bertz CT molecular complexity index is 358. The molecule has 0 aliphatic heterocycles. The normalized spacial score (nSPS) is 11.2. The highest BCUT2D eigenvalue weighted by atomic mass is 79.9. The van der Waals surface area contributed by atoms with Gasteiger partial charge < -0.3 is 10.2 Å². The molecular weight excluding hydrogens is 308 g/mol. The molecule has 1 rings (SSSR count). The van der Waals surface area contributed by atoms with E-state index in [1.165, 1.54) is 21.4 Å². The van der Waals surface area contributed by atoms with Gasteiger partial charge >= 0.3 is 0 Å². The number of nitrogens with zero attached hydrogens (tertiary/aromatic N) is 1. The molecule has 0 amide bonds. The van der Waals surface area contributed by atoms with E-state index < -0.39 is 0 Å². The Labute approximate surface area is 124 Å². The van der Waals surface area contributed by atoms with Crippen LogP contribution in [0.25, 0.3) is 0 Å². The molecule has 0 atom stereocenters. The summed E-state index contributed by atoms with van der Waals surface area (Å²) in [4.78, 5) is 2.36. The molecule has 0 aromatic heterocycles. The first kappa shape index (κ1) is 16.0. The second-order valence-corrected chi connectivity index (χ2v) is 6.28. The zero-order chi connectivity index (χ0) is 13.4. The Morgan fingerprint density at radius 3 is 2.78 bits per heavy atom. The summed E-state index contributed by atoms with van der Waals surface area (Å²) in [6, 6.07) is 6.66. The van der Waals surface area contributed by atoms with Crippen LogP contribution in [0.15, 0.2) is 22.7 Å². The van der Waals surface area contributed by atoms with Gasteiger partial charge in [0.15, 0.2) is 0 Å². The monoisotopic (exact) mass is 330 g/mol. The third-order valence-electron chi connectivity index (χ3n) is 2.81. The van der Waals surface area contributed by atoms with E-state index in [9.17, 15) is 0 Å². The van der Waals surface area contributed by atoms with Gasteiger partial charge in [-0.1, -0.05) is 35.0 Å². The molecule has 102 valence electrons. The predicted octanol–water partition coefficient (Wildman–Crippen LogP) is 3.35. The summed E-state index contributed by atoms with van der Waals surface area (Å²) >= 11 is 5.57. The maximum Gasteiger partial charge on any atom is 0.0242 e. The van der Waals surface area contributed by atoms with Crippen LogP contribution in [0.1, 0.15) is 18.1 Å². The van der Waals surface area contributed by atoms with Crippen molar-refractivity contribution in [1.82, 2.24) is 10.2 Å². The molecule has 1 N–H and O–H groups in total. The lowest BCUT2D eigenvalue weighted by Crippen LogP contribution is -2.21. The van der Waals surface area contributed by atoms with Gasteiger partial charge in [0.25, 0.3) is 0 Å². The molecule has 2 nitrogen and oxygen atoms in total. The van der Waals surface area contributed by atoms with Crippen LogP contribution in [0.3, 0.4) is 0 Å². The molecule has 0 aliphatic carbocycles. The van der Waals surface area contributed by atoms with E-state index in [-0.39, 0.29) is 0 Å². The first-order valence-electron chi connectivity index (χ1n) is 6.32. The summed E-state index contributed by atoms with van der Waals surface area (Å²) in [6.07, 6.45) is 2.15. The topological polar surface area (TPSA) is 15.3 Å². The van der Waals surface area contributed by atoms with Crippen molar-refractivity contribution in [2.24, 2.45) is 0 Å². The summed E-state index contributed by atoms with van der Waals surface area (Å²) < 4.78 is 1.22. The van der Waals surface area contributed by atoms with Gasteiger partial charge in [0.1, 0.15) is 0 Å². The predicted molar refractivity (Wildman–Crippen MR) is 86.2 cm³/mol. The number of rotatable bonds is 8. The van der Waals surface area contributed by atoms with Crippen LogP contribution in [-0.2, 0) is 13.1 Å². The van der Waals surface area contributed by atoms with E-state index in [1.807, 2.05) is 11.8 Å². The SMILES string of the molecule is CCNCc1ccc(CN(C)CCSC)c(Br)c1. The zero-order valence-electron chi connectivity index (χ0n) is 11.5. The summed E-state index contributed by atoms with van der Waals surface area (Å²) in [5.74, 6) is 1.19. The van der Waals surface area contributed by atoms with Crippen molar-refractivity contribution in [3.8, 4) is 0 Å². The highest BCUT2D eigenvalue weighted by Crippen LogP contribution is 2.20. The average Bonchev–Trinajstić information content (AvgIpc) is 2.36. The lowest BCUT2D eigenvalue weighted by atomic mass is 10.1. The average molecular weight is 331 g/mol. The Hall–Kier alpha value is -0.0300. The second-order valence-electron chi connectivity index (χ2n) is 4.44. The fourth-order valence-electron chi connectivity index (χ4n) is 1.72. The molecule has 0 spiro atoms. The minimum absolute atomic E-state index is 0.942. The highest BCUT2D eigenvalue weighted by Gasteiger charge is 2.05. The Morgan fingerprint density at radius 1 is 1.39 bits per heavy atom. The summed E-state index contributed by atoms with van der Waals surface area (Å²) in [6.45, 7) is 6.22. The van der Waals surface area contributed by atoms with Crippen LogP contribution in [0.5, 0.6) is 0 Å². The van der Waals surface area contributed by atoms with Crippen molar-refractivity contribution in [3.63, 3.8) is 0 Å². The smallest absolute Gasteiger partial charge is 0.0242 e. The van der Waals surface area contributed by atoms with E-state index in [0.717, 1.165) is 26.2 Å². The molecule has 0 saturated heterocycles. The van der Waals surface area contributed by atoms with Gasteiger partial charge in [-0.2, -0.15) is 11.8 Å². The number of hydrogen-bond donors (Lipinski definition) is 1. The number of thioether (sulfide) groups is 1. The van der Waals surface area contributed by atoms with Crippen LogP contribution in [0.4, 0.5) is 0 Å². The van der Waals surface area contributed by atoms with Gasteiger partial charge in [0.2, 0.25) is 0 Å². The van der Waals surface area contributed by atoms with Crippen LogP contribution in [0.2, 0.25) is 0 Å². The van der Waals surface area contributed by atoms with Gasteiger partial charge in [-0.25, -0.2) is 0 Å². The molecule has 18 heavy (non-hydrogen) atoms. The first-order valence-corrected chi connectivity index (χ1v) is 8.51. The minimum atomic E-state index is 0.942. The molecular formula is C14H23BrN2S. The lowest BCUT2D eigenvalue weighted by molar-refractivity contribution is 0.348. The maximum atomic E-state index is 3.68. The number of nitrogens with one attached hydrogen (secondary N) is 1. The quantitative estimate of drug-likeness (QED) is 0.786. The number of halogens is 1. The van der Waals surface area contributed by atoms with Crippen LogP contribution in [0, 0.1) is 0 Å². The van der Waals surface area contributed by atoms with Crippen molar-refractivity contribution in [2.75, 3.05) is 32.1 Å². The molecule has 0 unspecified atom stereocenters. The molecule has 0 heterocycles. The highest BCUT2D eigenvalue weighted by molar-refractivity contribution is 9.10. The molecule has 0 radical (unpaired) electrons. The van der Waals surface area contributed by atoms with Crippen LogP contribution < -0.4 is 5.32 Å². The zero-order valence-corrected chi connectivity index (χ0v) is 13.9. The van der Waals surface area contributed by atoms with Gasteiger partial charge in [-0.05, 0) is 37.0 Å². The van der Waals surface area contributed by atoms with E-state index in [1.54, 1.807) is 0 Å². The van der Waals surface area contributed by atoms with Gasteiger partial charge in [-0.3, -0.25) is 0 Å². The minimum Gasteiger partial charge on any atom is -0.313 e. The largest absolute Gasteiger partial charge is 0.313 e. The van der Waals surface area contributed by atoms with Crippen LogP contribution >= 0.6 is 27.7 Å². The van der Waals surface area contributed by atoms with E-state index >= 15 is 0 Å². The molecule has 0 saturated carbocycles. The Kier molecular flexibility index (Phi) is 7.98. The van der Waals surface area contributed by atoms with Gasteiger partial charge in [0.05, 0.1) is 0 Å². The summed E-state index contributed by atoms with van der Waals surface area (Å²) in [5, 5.41) is 3.35. The third-order valence-corrected chi connectivity index (χ3v) is 4.14. The van der Waals surface area contributed by atoms with Crippen molar-refractivity contribution in [1.29, 1.82) is 0 Å². The Morgan fingerprint density at radius 2 is 2.17 bits per heavy atom. The van der Waals surface area contributed by atoms with Gasteiger partial charge in [0, 0.05) is 29.9 Å². The molecule has 0 fully saturated rings. The molecule has 0 bridgehead atoms. The maximum absolute atomic E-state index is 3.68. The van der Waals surface area contributed by atoms with E-state index in [2.05, 4.69) is 64.6 Å². The summed E-state index contributed by atoms with van der Waals surface area (Å²) in [5.41, 5.74) is 2.69. The second kappa shape index (κ2) is 8.97. The number of hydrogen-bond acceptors (Lipinski definition) is 3. The molecule has 1 aromatic carbocycles. The van der Waals surface area contributed by atoms with Crippen molar-refractivity contribution >= 4 is 27.7 Å². The Balaban J connectivity index is 2.56. The molecule has 4 heteroatoms. The first-order chi connectivity index (χ1) is 8.67. The van der Waals surface area contributed by atoms with Crippen LogP contribution in [-0.4, -0.2) is 37.0 Å².